The van der Waals surface area contributed by atoms with Crippen molar-refractivity contribution < 1.29 is 22.5 Å². The Labute approximate surface area is 156 Å². The number of nitrogens with one attached hydrogen (secondary N) is 1. The van der Waals surface area contributed by atoms with Crippen LogP contribution in [0.4, 0.5) is 0 Å². The van der Waals surface area contributed by atoms with Crippen molar-refractivity contribution in [1.82, 2.24) is 5.32 Å². The van der Waals surface area contributed by atoms with E-state index in [4.69, 9.17) is 9.29 Å². The van der Waals surface area contributed by atoms with Crippen LogP contribution in [0.3, 0.4) is 0 Å². The van der Waals surface area contributed by atoms with E-state index in [1.165, 1.54) is 6.92 Å². The van der Waals surface area contributed by atoms with E-state index in [9.17, 15) is 13.2 Å². The van der Waals surface area contributed by atoms with Crippen LogP contribution in [0.5, 0.6) is 0 Å². The van der Waals surface area contributed by atoms with Gasteiger partial charge in [-0.05, 0) is 23.8 Å². The van der Waals surface area contributed by atoms with Gasteiger partial charge in [0, 0.05) is 13.0 Å². The molecule has 6 nitrogen and oxygen atoms in total. The number of rotatable bonds is 11. The molecular weight excluding hydrogens is 354 g/mol. The van der Waals surface area contributed by atoms with Crippen molar-refractivity contribution in [2.24, 2.45) is 5.41 Å². The van der Waals surface area contributed by atoms with Gasteiger partial charge in [-0.2, -0.15) is 8.42 Å². The van der Waals surface area contributed by atoms with Gasteiger partial charge < -0.3 is 10.1 Å². The smallest absolute Gasteiger partial charge is 0.264 e. The molecule has 0 bridgehead atoms. The highest BCUT2D eigenvalue weighted by atomic mass is 32.2. The zero-order chi connectivity index (χ0) is 19.8. The molecule has 0 radical (unpaired) electrons. The summed E-state index contributed by atoms with van der Waals surface area (Å²) in [5.41, 5.74) is 0.642. The summed E-state index contributed by atoms with van der Waals surface area (Å²) in [7, 11) is -4.09. The topological polar surface area (TPSA) is 92.7 Å². The molecule has 7 heteroatoms. The molecule has 0 saturated carbocycles. The van der Waals surface area contributed by atoms with Gasteiger partial charge in [0.1, 0.15) is 0 Å². The SMILES string of the molecule is C=CC(OCc1ccccc1)C(C)(C)CC(CCS(=O)(=O)O)NC(C)=O. The first kappa shape index (κ1) is 22.3. The van der Waals surface area contributed by atoms with Crippen LogP contribution in [-0.4, -0.2) is 36.8 Å². The number of benzene rings is 1. The Kier molecular flexibility index (Phi) is 8.46. The predicted octanol–water partition coefficient (Wildman–Crippen LogP) is 2.96. The third-order valence-electron chi connectivity index (χ3n) is 4.16. The van der Waals surface area contributed by atoms with Crippen LogP contribution >= 0.6 is 0 Å². The number of ether oxygens (including phenoxy) is 1. The normalized spacial score (nSPS) is 14.5. The molecule has 0 spiro atoms. The van der Waals surface area contributed by atoms with E-state index >= 15 is 0 Å². The van der Waals surface area contributed by atoms with Crippen molar-refractivity contribution in [1.29, 1.82) is 0 Å². The molecule has 26 heavy (non-hydrogen) atoms. The Morgan fingerprint density at radius 2 is 1.96 bits per heavy atom. The number of carbonyl (C=O) groups excluding carboxylic acids is 1. The van der Waals surface area contributed by atoms with E-state index in [1.807, 2.05) is 44.2 Å². The molecular formula is C19H29NO5S. The third-order valence-corrected chi connectivity index (χ3v) is 4.91. The highest BCUT2D eigenvalue weighted by Gasteiger charge is 2.32. The molecule has 0 aliphatic carbocycles. The summed E-state index contributed by atoms with van der Waals surface area (Å²) in [4.78, 5) is 11.4. The van der Waals surface area contributed by atoms with Crippen LogP contribution in [-0.2, 0) is 26.3 Å². The molecule has 1 aromatic carbocycles. The van der Waals surface area contributed by atoms with Crippen molar-refractivity contribution in [3.05, 3.63) is 48.6 Å². The second kappa shape index (κ2) is 9.85. The fourth-order valence-electron chi connectivity index (χ4n) is 2.93. The molecule has 2 N–H and O–H groups in total. The average molecular weight is 384 g/mol. The lowest BCUT2D eigenvalue weighted by molar-refractivity contribution is -0.120. The summed E-state index contributed by atoms with van der Waals surface area (Å²) in [5.74, 6) is -0.654. The summed E-state index contributed by atoms with van der Waals surface area (Å²) < 4.78 is 37.1. The zero-order valence-corrected chi connectivity index (χ0v) is 16.5. The summed E-state index contributed by atoms with van der Waals surface area (Å²) in [5, 5.41) is 2.76. The lowest BCUT2D eigenvalue weighted by atomic mass is 9.79. The van der Waals surface area contributed by atoms with E-state index in [1.54, 1.807) is 6.08 Å². The van der Waals surface area contributed by atoms with Gasteiger partial charge in [-0.25, -0.2) is 0 Å². The first-order chi connectivity index (χ1) is 12.0. The molecule has 0 aliphatic heterocycles. The van der Waals surface area contributed by atoms with Gasteiger partial charge in [0.2, 0.25) is 5.91 Å². The molecule has 0 saturated heterocycles. The summed E-state index contributed by atoms with van der Waals surface area (Å²) in [6, 6.07) is 9.36. The largest absolute Gasteiger partial charge is 0.369 e. The molecule has 1 rings (SSSR count). The predicted molar refractivity (Wildman–Crippen MR) is 102 cm³/mol. The van der Waals surface area contributed by atoms with Gasteiger partial charge >= 0.3 is 0 Å². The Morgan fingerprint density at radius 3 is 2.46 bits per heavy atom. The fraction of sp³-hybridized carbons (Fsp3) is 0.526. The fourth-order valence-corrected chi connectivity index (χ4v) is 3.51. The first-order valence-corrected chi connectivity index (χ1v) is 10.1. The second-order valence-corrected chi connectivity index (χ2v) is 8.69. The zero-order valence-electron chi connectivity index (χ0n) is 15.6. The van der Waals surface area contributed by atoms with Gasteiger partial charge in [-0.15, -0.1) is 6.58 Å². The van der Waals surface area contributed by atoms with Crippen molar-refractivity contribution in [2.75, 3.05) is 5.75 Å². The van der Waals surface area contributed by atoms with E-state index < -0.39 is 27.3 Å². The van der Waals surface area contributed by atoms with Gasteiger partial charge in [0.15, 0.2) is 0 Å². The van der Waals surface area contributed by atoms with Gasteiger partial charge in [0.05, 0.1) is 18.5 Å². The molecule has 0 fully saturated rings. The molecule has 2 unspecified atom stereocenters. The minimum absolute atomic E-state index is 0.129. The van der Waals surface area contributed by atoms with Crippen LogP contribution < -0.4 is 5.32 Å². The number of hydrogen-bond acceptors (Lipinski definition) is 4. The van der Waals surface area contributed by atoms with Crippen LogP contribution in [0.15, 0.2) is 43.0 Å². The Bertz CT molecular complexity index is 685. The average Bonchev–Trinajstić information content (AvgIpc) is 2.52. The van der Waals surface area contributed by atoms with Crippen LogP contribution in [0, 0.1) is 5.41 Å². The van der Waals surface area contributed by atoms with Gasteiger partial charge in [-0.3, -0.25) is 9.35 Å². The summed E-state index contributed by atoms with van der Waals surface area (Å²) in [6.45, 7) is 9.61. The minimum atomic E-state index is -4.09. The molecule has 1 amide bonds. The van der Waals surface area contributed by atoms with Gasteiger partial charge in [0.25, 0.3) is 10.1 Å². The molecule has 146 valence electrons. The molecule has 0 aromatic heterocycles. The highest BCUT2D eigenvalue weighted by molar-refractivity contribution is 7.85. The van der Waals surface area contributed by atoms with E-state index in [0.717, 1.165) is 5.56 Å². The minimum Gasteiger partial charge on any atom is -0.369 e. The Balaban J connectivity index is 2.77. The van der Waals surface area contributed by atoms with Gasteiger partial charge in [-0.1, -0.05) is 50.3 Å². The van der Waals surface area contributed by atoms with Crippen LogP contribution in [0.25, 0.3) is 0 Å². The molecule has 2 atom stereocenters. The van der Waals surface area contributed by atoms with Crippen molar-refractivity contribution in [3.63, 3.8) is 0 Å². The number of amides is 1. The standard InChI is InChI=1S/C19H29NO5S/c1-5-18(25-14-16-9-7-6-8-10-16)19(3,4)13-17(20-15(2)21)11-12-26(22,23)24/h5-10,17-18H,1,11-14H2,2-4H3,(H,20,21)(H,22,23,24). The monoisotopic (exact) mass is 383 g/mol. The third kappa shape index (κ3) is 8.60. The number of carbonyl (C=O) groups is 1. The Morgan fingerprint density at radius 1 is 1.35 bits per heavy atom. The lowest BCUT2D eigenvalue weighted by Crippen LogP contribution is -2.42. The first-order valence-electron chi connectivity index (χ1n) is 8.54. The lowest BCUT2D eigenvalue weighted by Gasteiger charge is -2.35. The van der Waals surface area contributed by atoms with E-state index in [0.29, 0.717) is 13.0 Å². The maximum Gasteiger partial charge on any atom is 0.264 e. The van der Waals surface area contributed by atoms with E-state index in [2.05, 4.69) is 11.9 Å². The van der Waals surface area contributed by atoms with Crippen LogP contribution in [0.1, 0.15) is 39.2 Å². The maximum atomic E-state index is 11.4. The van der Waals surface area contributed by atoms with Crippen molar-refractivity contribution in [2.45, 2.75) is 52.4 Å². The van der Waals surface area contributed by atoms with Crippen molar-refractivity contribution >= 4 is 16.0 Å². The number of hydrogen-bond donors (Lipinski definition) is 2. The molecule has 0 heterocycles. The molecule has 1 aromatic rings. The molecule has 0 aliphatic rings. The maximum absolute atomic E-state index is 11.4. The summed E-state index contributed by atoms with van der Waals surface area (Å²) >= 11 is 0. The Hall–Kier alpha value is -1.70. The highest BCUT2D eigenvalue weighted by Crippen LogP contribution is 2.31. The van der Waals surface area contributed by atoms with Crippen molar-refractivity contribution in [3.8, 4) is 0 Å². The second-order valence-electron chi connectivity index (χ2n) is 7.12. The summed E-state index contributed by atoms with van der Waals surface area (Å²) in [6.07, 6.45) is 2.04. The quantitative estimate of drug-likeness (QED) is 0.453. The van der Waals surface area contributed by atoms with Crippen LogP contribution in [0.2, 0.25) is 0 Å². The van der Waals surface area contributed by atoms with E-state index in [-0.39, 0.29) is 18.4 Å².